The fourth-order valence-corrected chi connectivity index (χ4v) is 2.53. The molecule has 0 nitrogen and oxygen atoms in total. The highest BCUT2D eigenvalue weighted by atomic mass is 14.1. The van der Waals surface area contributed by atoms with Crippen LogP contribution in [0.25, 0.3) is 11.6 Å². The zero-order valence-electron chi connectivity index (χ0n) is 13.3. The van der Waals surface area contributed by atoms with Gasteiger partial charge in [0.15, 0.2) is 0 Å². The van der Waals surface area contributed by atoms with Gasteiger partial charge in [0.05, 0.1) is 0 Å². The van der Waals surface area contributed by atoms with Gasteiger partial charge in [-0.3, -0.25) is 0 Å². The molecule has 0 spiro atoms. The molecule has 0 unspecified atom stereocenters. The lowest BCUT2D eigenvalue weighted by Gasteiger charge is -2.07. The molecule has 3 aromatic carbocycles. The van der Waals surface area contributed by atoms with Crippen LogP contribution in [0, 0.1) is 6.92 Å². The smallest absolute Gasteiger partial charge is 0.0111 e. The largest absolute Gasteiger partial charge is 0.0622 e. The van der Waals surface area contributed by atoms with Crippen LogP contribution in [0.15, 0.2) is 97.1 Å². The molecule has 0 radical (unpaired) electrons. The maximum absolute atomic E-state index is 2.19. The van der Waals surface area contributed by atoms with E-state index in [1.807, 2.05) is 12.1 Å². The second kappa shape index (κ2) is 7.42. The van der Waals surface area contributed by atoms with E-state index in [1.54, 1.807) is 0 Å². The maximum atomic E-state index is 2.19. The van der Waals surface area contributed by atoms with Crippen LogP contribution in [0.4, 0.5) is 0 Å². The van der Waals surface area contributed by atoms with Crippen LogP contribution in [0.2, 0.25) is 0 Å². The third-order valence-corrected chi connectivity index (χ3v) is 3.80. The van der Waals surface area contributed by atoms with Crippen molar-refractivity contribution < 1.29 is 0 Å². The van der Waals surface area contributed by atoms with Crippen molar-refractivity contribution in [3.05, 3.63) is 119 Å². The molecule has 0 heteroatoms. The van der Waals surface area contributed by atoms with Gasteiger partial charge in [0.2, 0.25) is 0 Å². The van der Waals surface area contributed by atoms with Gasteiger partial charge in [-0.15, -0.1) is 0 Å². The summed E-state index contributed by atoms with van der Waals surface area (Å²) in [5.41, 5.74) is 6.19. The number of rotatable bonds is 4. The fraction of sp³-hybridized carbons (Fsp3) is 0.0435. The van der Waals surface area contributed by atoms with E-state index < -0.39 is 0 Å². The van der Waals surface area contributed by atoms with Crippen molar-refractivity contribution in [3.63, 3.8) is 0 Å². The van der Waals surface area contributed by atoms with E-state index in [0.717, 1.165) is 0 Å². The Balaban J connectivity index is 1.93. The average molecular weight is 296 g/mol. The van der Waals surface area contributed by atoms with E-state index in [9.17, 15) is 0 Å². The van der Waals surface area contributed by atoms with Gasteiger partial charge in [0.1, 0.15) is 0 Å². The molecule has 3 aromatic rings. The Morgan fingerprint density at radius 2 is 1.17 bits per heavy atom. The lowest BCUT2D eigenvalue weighted by Crippen LogP contribution is -1.86. The van der Waals surface area contributed by atoms with Gasteiger partial charge in [-0.1, -0.05) is 109 Å². The van der Waals surface area contributed by atoms with Gasteiger partial charge < -0.3 is 0 Å². The lowest BCUT2D eigenvalue weighted by atomic mass is 9.97. The van der Waals surface area contributed by atoms with E-state index in [-0.39, 0.29) is 0 Å². The summed E-state index contributed by atoms with van der Waals surface area (Å²) in [4.78, 5) is 0. The minimum absolute atomic E-state index is 1.22. The zero-order chi connectivity index (χ0) is 15.9. The van der Waals surface area contributed by atoms with Gasteiger partial charge in [-0.25, -0.2) is 0 Å². The molecule has 0 saturated carbocycles. The average Bonchev–Trinajstić information content (AvgIpc) is 2.62. The second-order valence-electron chi connectivity index (χ2n) is 5.58. The molecule has 0 saturated heterocycles. The molecule has 0 aliphatic carbocycles. The summed E-state index contributed by atoms with van der Waals surface area (Å²) in [6, 6.07) is 29.6. The minimum Gasteiger partial charge on any atom is -0.0622 e. The topological polar surface area (TPSA) is 0 Å². The van der Waals surface area contributed by atoms with Crippen LogP contribution < -0.4 is 0 Å². The van der Waals surface area contributed by atoms with Gasteiger partial charge in [0, 0.05) is 0 Å². The molecule has 0 atom stereocenters. The van der Waals surface area contributed by atoms with E-state index in [1.165, 1.54) is 27.8 Å². The predicted molar refractivity (Wildman–Crippen MR) is 100 cm³/mol. The zero-order valence-corrected chi connectivity index (χ0v) is 13.3. The molecule has 0 aromatic heterocycles. The first-order valence-corrected chi connectivity index (χ1v) is 7.89. The van der Waals surface area contributed by atoms with Crippen molar-refractivity contribution >= 4 is 11.6 Å². The van der Waals surface area contributed by atoms with Crippen LogP contribution in [-0.4, -0.2) is 0 Å². The van der Waals surface area contributed by atoms with Crippen LogP contribution >= 0.6 is 0 Å². The standard InChI is InChI=1S/C23H20/c1-19-15-17-20(18-16-19)9-8-14-23(21-10-4-2-5-11-21)22-12-6-3-7-13-22/h2-18H,1H3/b9-8+. The van der Waals surface area contributed by atoms with Gasteiger partial charge in [-0.2, -0.15) is 0 Å². The first-order valence-electron chi connectivity index (χ1n) is 7.89. The Labute approximate surface area is 138 Å². The summed E-state index contributed by atoms with van der Waals surface area (Å²) in [7, 11) is 0. The molecule has 0 amide bonds. The quantitative estimate of drug-likeness (QED) is 0.507. The van der Waals surface area contributed by atoms with Gasteiger partial charge in [0.25, 0.3) is 0 Å². The highest BCUT2D eigenvalue weighted by Gasteiger charge is 2.02. The first kappa shape index (κ1) is 15.1. The van der Waals surface area contributed by atoms with Crippen molar-refractivity contribution in [2.24, 2.45) is 0 Å². The molecule has 0 fully saturated rings. The van der Waals surface area contributed by atoms with E-state index in [0.29, 0.717) is 0 Å². The molecule has 23 heavy (non-hydrogen) atoms. The number of benzene rings is 3. The Hall–Kier alpha value is -2.86. The number of aryl methyl sites for hydroxylation is 1. The Morgan fingerprint density at radius 3 is 1.70 bits per heavy atom. The Kier molecular flexibility index (Phi) is 4.85. The molecular formula is C23H20. The normalized spacial score (nSPS) is 10.7. The summed E-state index contributed by atoms with van der Waals surface area (Å²) in [5.74, 6) is 0. The van der Waals surface area contributed by atoms with Gasteiger partial charge in [-0.05, 0) is 29.2 Å². The van der Waals surface area contributed by atoms with Crippen LogP contribution in [0.5, 0.6) is 0 Å². The third kappa shape index (κ3) is 4.08. The molecule has 112 valence electrons. The lowest BCUT2D eigenvalue weighted by molar-refractivity contribution is 1.46. The summed E-state index contributed by atoms with van der Waals surface area (Å²) in [6.07, 6.45) is 6.45. The predicted octanol–water partition coefficient (Wildman–Crippen LogP) is 6.14. The molecule has 0 aliphatic heterocycles. The third-order valence-electron chi connectivity index (χ3n) is 3.80. The van der Waals surface area contributed by atoms with Crippen molar-refractivity contribution in [1.82, 2.24) is 0 Å². The molecule has 0 heterocycles. The maximum Gasteiger partial charge on any atom is -0.0111 e. The van der Waals surface area contributed by atoms with Crippen molar-refractivity contribution in [3.8, 4) is 0 Å². The number of allylic oxidation sites excluding steroid dienone is 2. The molecule has 0 aliphatic rings. The SMILES string of the molecule is Cc1ccc(/C=C/C=C(c2ccccc2)c2ccccc2)cc1. The van der Waals surface area contributed by atoms with E-state index >= 15 is 0 Å². The van der Waals surface area contributed by atoms with Gasteiger partial charge >= 0.3 is 0 Å². The second-order valence-corrected chi connectivity index (χ2v) is 5.58. The number of hydrogen-bond acceptors (Lipinski definition) is 0. The fourth-order valence-electron chi connectivity index (χ4n) is 2.53. The van der Waals surface area contributed by atoms with Crippen LogP contribution in [0.3, 0.4) is 0 Å². The highest BCUT2D eigenvalue weighted by Crippen LogP contribution is 2.23. The summed E-state index contributed by atoms with van der Waals surface area (Å²) in [5, 5.41) is 0. The summed E-state index contributed by atoms with van der Waals surface area (Å²) < 4.78 is 0. The van der Waals surface area contributed by atoms with Crippen molar-refractivity contribution in [2.45, 2.75) is 6.92 Å². The highest BCUT2D eigenvalue weighted by molar-refractivity contribution is 5.81. The van der Waals surface area contributed by atoms with Crippen LogP contribution in [-0.2, 0) is 0 Å². The molecule has 0 N–H and O–H groups in total. The Morgan fingerprint density at radius 1 is 0.652 bits per heavy atom. The first-order chi connectivity index (χ1) is 11.3. The number of hydrogen-bond donors (Lipinski definition) is 0. The van der Waals surface area contributed by atoms with E-state index in [2.05, 4.69) is 97.9 Å². The molecule has 3 rings (SSSR count). The molecule has 0 bridgehead atoms. The minimum atomic E-state index is 1.22. The monoisotopic (exact) mass is 296 g/mol. The van der Waals surface area contributed by atoms with Crippen molar-refractivity contribution in [2.75, 3.05) is 0 Å². The van der Waals surface area contributed by atoms with Crippen LogP contribution in [0.1, 0.15) is 22.3 Å². The summed E-state index contributed by atoms with van der Waals surface area (Å²) in [6.45, 7) is 2.11. The van der Waals surface area contributed by atoms with E-state index in [4.69, 9.17) is 0 Å². The molecular weight excluding hydrogens is 276 g/mol. The summed E-state index contributed by atoms with van der Waals surface area (Å²) >= 11 is 0. The Bertz CT molecular complexity index is 750. The van der Waals surface area contributed by atoms with Crippen molar-refractivity contribution in [1.29, 1.82) is 0 Å².